The van der Waals surface area contributed by atoms with Crippen LogP contribution in [0, 0.1) is 11.8 Å². The van der Waals surface area contributed by atoms with E-state index in [1.165, 1.54) is 32.1 Å². The molecule has 0 amide bonds. The second kappa shape index (κ2) is 10.5. The molecule has 1 saturated carbocycles. The van der Waals surface area contributed by atoms with Crippen LogP contribution in [0.4, 0.5) is 5.82 Å². The molecule has 0 bridgehead atoms. The van der Waals surface area contributed by atoms with E-state index in [0.29, 0.717) is 29.1 Å². The number of aromatic nitrogens is 3. The number of piperidine rings is 1. The number of hydrogen-bond donors (Lipinski definition) is 2. The normalized spacial score (nSPS) is 20.9. The van der Waals surface area contributed by atoms with E-state index in [-0.39, 0.29) is 11.7 Å². The van der Waals surface area contributed by atoms with Crippen molar-refractivity contribution in [3.8, 4) is 11.3 Å². The third kappa shape index (κ3) is 5.80. The molecule has 3 heterocycles. The van der Waals surface area contributed by atoms with Crippen LogP contribution in [0.15, 0.2) is 24.7 Å². The first-order valence-corrected chi connectivity index (χ1v) is 11.9. The maximum Gasteiger partial charge on any atom is 0.145 e. The van der Waals surface area contributed by atoms with Gasteiger partial charge in [-0.25, -0.2) is 4.98 Å². The Kier molecular flexibility index (Phi) is 7.51. The average Bonchev–Trinajstić information content (AvgIpc) is 2.81. The molecule has 2 aromatic rings. The molecule has 0 radical (unpaired) electrons. The lowest BCUT2D eigenvalue weighted by Gasteiger charge is -2.28. The van der Waals surface area contributed by atoms with Crippen molar-refractivity contribution in [2.24, 2.45) is 11.8 Å². The number of carbonyl (C=O) groups is 1. The Morgan fingerprint density at radius 2 is 2.03 bits per heavy atom. The number of nitrogens with one attached hydrogen (secondary N) is 2. The zero-order valence-electron chi connectivity index (χ0n) is 18.2. The van der Waals surface area contributed by atoms with Gasteiger partial charge in [0, 0.05) is 42.4 Å². The zero-order valence-corrected chi connectivity index (χ0v) is 19.0. The van der Waals surface area contributed by atoms with Crippen molar-refractivity contribution in [3.05, 3.63) is 35.4 Å². The second-order valence-corrected chi connectivity index (χ2v) is 9.37. The van der Waals surface area contributed by atoms with Crippen LogP contribution in [0.5, 0.6) is 0 Å². The van der Waals surface area contributed by atoms with Gasteiger partial charge in [-0.3, -0.25) is 14.8 Å². The molecule has 0 spiro atoms. The molecular weight excluding hydrogens is 410 g/mol. The minimum atomic E-state index is 0.0725. The highest BCUT2D eigenvalue weighted by atomic mass is 35.5. The van der Waals surface area contributed by atoms with E-state index in [1.807, 2.05) is 6.07 Å². The van der Waals surface area contributed by atoms with E-state index in [9.17, 15) is 4.79 Å². The van der Waals surface area contributed by atoms with Gasteiger partial charge in [0.25, 0.3) is 0 Å². The molecule has 7 heteroatoms. The first kappa shape index (κ1) is 22.2. The summed E-state index contributed by atoms with van der Waals surface area (Å²) in [6.07, 6.45) is 13.9. The maximum absolute atomic E-state index is 12.7. The smallest absolute Gasteiger partial charge is 0.145 e. The number of nitrogens with zero attached hydrogens (tertiary/aromatic N) is 3. The van der Waals surface area contributed by atoms with Gasteiger partial charge in [0.05, 0.1) is 23.1 Å². The van der Waals surface area contributed by atoms with Crippen LogP contribution in [0.25, 0.3) is 11.3 Å². The van der Waals surface area contributed by atoms with Gasteiger partial charge >= 0.3 is 0 Å². The Labute approximate surface area is 189 Å². The number of pyridine rings is 1. The van der Waals surface area contributed by atoms with Crippen molar-refractivity contribution in [1.82, 2.24) is 20.3 Å². The van der Waals surface area contributed by atoms with Crippen LogP contribution in [-0.2, 0) is 11.2 Å². The number of hydrogen-bond acceptors (Lipinski definition) is 6. The van der Waals surface area contributed by atoms with Gasteiger partial charge in [-0.05, 0) is 51.1 Å². The maximum atomic E-state index is 12.7. The molecule has 166 valence electrons. The Morgan fingerprint density at radius 3 is 2.81 bits per heavy atom. The molecule has 1 aliphatic carbocycles. The van der Waals surface area contributed by atoms with Crippen LogP contribution in [-0.4, -0.2) is 39.9 Å². The summed E-state index contributed by atoms with van der Waals surface area (Å²) >= 11 is 6.45. The van der Waals surface area contributed by atoms with E-state index >= 15 is 0 Å². The Bertz CT molecular complexity index is 893. The highest BCUT2D eigenvalue weighted by Crippen LogP contribution is 2.30. The van der Waals surface area contributed by atoms with Crippen LogP contribution in [0.2, 0.25) is 5.02 Å². The molecular formula is C24H32ClN5O. The molecule has 4 rings (SSSR count). The number of ketones is 1. The monoisotopic (exact) mass is 441 g/mol. The standard InChI is InChI=1S/C24H32ClN5O/c1-16(17-6-3-2-4-7-17)29-24-15-27-14-22(30-24)20-10-19(28-13-21(20)25)11-23(31)18-8-5-9-26-12-18/h10,13-18,26H,2-9,11-12H2,1H3,(H,29,30)/t16-,18+/m0/s1. The van der Waals surface area contributed by atoms with Crippen molar-refractivity contribution in [3.63, 3.8) is 0 Å². The van der Waals surface area contributed by atoms with Gasteiger partial charge in [-0.15, -0.1) is 0 Å². The van der Waals surface area contributed by atoms with Gasteiger partial charge in [0.15, 0.2) is 0 Å². The van der Waals surface area contributed by atoms with Gasteiger partial charge in [-0.2, -0.15) is 0 Å². The van der Waals surface area contributed by atoms with Crippen molar-refractivity contribution in [1.29, 1.82) is 0 Å². The van der Waals surface area contributed by atoms with Crippen LogP contribution in [0.3, 0.4) is 0 Å². The van der Waals surface area contributed by atoms with Crippen molar-refractivity contribution < 1.29 is 4.79 Å². The lowest BCUT2D eigenvalue weighted by Crippen LogP contribution is -2.35. The summed E-state index contributed by atoms with van der Waals surface area (Å²) in [5.74, 6) is 1.74. The summed E-state index contributed by atoms with van der Waals surface area (Å²) in [5.41, 5.74) is 2.19. The van der Waals surface area contributed by atoms with Gasteiger partial charge < -0.3 is 10.6 Å². The summed E-state index contributed by atoms with van der Waals surface area (Å²) in [6.45, 7) is 3.99. The number of Topliss-reactive ketones (excluding diaryl/α,β-unsaturated/α-hetero) is 1. The molecule has 31 heavy (non-hydrogen) atoms. The topological polar surface area (TPSA) is 79.8 Å². The molecule has 0 unspecified atom stereocenters. The fraction of sp³-hybridized carbons (Fsp3) is 0.583. The zero-order chi connectivity index (χ0) is 21.6. The first-order valence-electron chi connectivity index (χ1n) is 11.6. The van der Waals surface area contributed by atoms with Crippen LogP contribution < -0.4 is 10.6 Å². The molecule has 2 aliphatic rings. The number of halogens is 1. The minimum Gasteiger partial charge on any atom is -0.366 e. The first-order chi connectivity index (χ1) is 15.1. The molecule has 6 nitrogen and oxygen atoms in total. The Balaban J connectivity index is 1.47. The minimum absolute atomic E-state index is 0.0725. The molecule has 2 aromatic heterocycles. The SMILES string of the molecule is C[C@H](Nc1cncc(-c2cc(CC(=O)[C@@H]3CCCNC3)ncc2Cl)n1)C1CCCCC1. The van der Waals surface area contributed by atoms with Crippen molar-refractivity contribution in [2.45, 2.75) is 64.3 Å². The molecule has 0 aromatic carbocycles. The number of carbonyl (C=O) groups excluding carboxylic acids is 1. The van der Waals surface area contributed by atoms with Gasteiger partial charge in [0.2, 0.25) is 0 Å². The van der Waals surface area contributed by atoms with Crippen molar-refractivity contribution >= 4 is 23.2 Å². The van der Waals surface area contributed by atoms with Gasteiger partial charge in [0.1, 0.15) is 11.6 Å². The number of anilines is 1. The predicted octanol–water partition coefficient (Wildman–Crippen LogP) is 4.68. The summed E-state index contributed by atoms with van der Waals surface area (Å²) in [5, 5.41) is 7.36. The summed E-state index contributed by atoms with van der Waals surface area (Å²) in [6, 6.07) is 2.24. The Morgan fingerprint density at radius 1 is 1.19 bits per heavy atom. The molecule has 1 saturated heterocycles. The lowest BCUT2D eigenvalue weighted by molar-refractivity contribution is -0.122. The highest BCUT2D eigenvalue weighted by molar-refractivity contribution is 6.33. The van der Waals surface area contributed by atoms with E-state index in [2.05, 4.69) is 27.5 Å². The Hall–Kier alpha value is -2.05. The fourth-order valence-electron chi connectivity index (χ4n) is 4.77. The summed E-state index contributed by atoms with van der Waals surface area (Å²) in [7, 11) is 0. The second-order valence-electron chi connectivity index (χ2n) is 8.96. The highest BCUT2D eigenvalue weighted by Gasteiger charge is 2.22. The quantitative estimate of drug-likeness (QED) is 0.649. The van der Waals surface area contributed by atoms with E-state index in [1.54, 1.807) is 18.6 Å². The van der Waals surface area contributed by atoms with Crippen LogP contribution in [0.1, 0.15) is 57.6 Å². The number of rotatable bonds is 7. The molecule has 1 aliphatic heterocycles. The fourth-order valence-corrected chi connectivity index (χ4v) is 4.98. The van der Waals surface area contributed by atoms with Crippen LogP contribution >= 0.6 is 11.6 Å². The summed E-state index contributed by atoms with van der Waals surface area (Å²) < 4.78 is 0. The third-order valence-corrected chi connectivity index (χ3v) is 6.96. The largest absolute Gasteiger partial charge is 0.366 e. The van der Waals surface area contributed by atoms with E-state index < -0.39 is 0 Å². The van der Waals surface area contributed by atoms with Crippen molar-refractivity contribution in [2.75, 3.05) is 18.4 Å². The molecule has 2 atom stereocenters. The van der Waals surface area contributed by atoms with Gasteiger partial charge in [-0.1, -0.05) is 30.9 Å². The molecule has 2 N–H and O–H groups in total. The third-order valence-electron chi connectivity index (χ3n) is 6.66. The lowest BCUT2D eigenvalue weighted by atomic mass is 9.84. The molecule has 2 fully saturated rings. The predicted molar refractivity (Wildman–Crippen MR) is 124 cm³/mol. The van der Waals surface area contributed by atoms with E-state index in [4.69, 9.17) is 16.6 Å². The summed E-state index contributed by atoms with van der Waals surface area (Å²) in [4.78, 5) is 26.2. The van der Waals surface area contributed by atoms with E-state index in [0.717, 1.165) is 43.0 Å². The average molecular weight is 442 g/mol.